The molecule has 0 aliphatic heterocycles. The number of hydrogen-bond donors (Lipinski definition) is 1. The van der Waals surface area contributed by atoms with Gasteiger partial charge < -0.3 is 5.32 Å². The fourth-order valence-electron chi connectivity index (χ4n) is 3.67. The summed E-state index contributed by atoms with van der Waals surface area (Å²) in [5.74, 6) is 1.05. The van der Waals surface area contributed by atoms with Crippen molar-refractivity contribution in [2.75, 3.05) is 5.75 Å². The summed E-state index contributed by atoms with van der Waals surface area (Å²) in [6.45, 7) is 4.40. The standard InChI is InChI=1S/C22H23N5OS/c1-2-14-27-21(17-10-12-23-13-11-17)25-26-22(27)29-15-20(28)24-19-9-5-7-16-6-3-4-8-18(16)19/h2-4,6,8,10-13,19H,1,5,7,9,14-15H2,(H,24,28)/t19-/m0/s1. The number of amides is 1. The molecule has 0 bridgehead atoms. The smallest absolute Gasteiger partial charge is 0.230 e. The average molecular weight is 406 g/mol. The zero-order valence-corrected chi connectivity index (χ0v) is 16.9. The monoisotopic (exact) mass is 405 g/mol. The van der Waals surface area contributed by atoms with Crippen molar-refractivity contribution < 1.29 is 4.79 Å². The van der Waals surface area contributed by atoms with Gasteiger partial charge in [0.1, 0.15) is 0 Å². The van der Waals surface area contributed by atoms with Crippen LogP contribution in [-0.4, -0.2) is 31.4 Å². The van der Waals surface area contributed by atoms with Crippen molar-refractivity contribution in [2.24, 2.45) is 0 Å². The predicted molar refractivity (Wildman–Crippen MR) is 114 cm³/mol. The Morgan fingerprint density at radius 2 is 2.07 bits per heavy atom. The maximum absolute atomic E-state index is 12.6. The summed E-state index contributed by atoms with van der Waals surface area (Å²) < 4.78 is 1.97. The van der Waals surface area contributed by atoms with Gasteiger partial charge in [-0.3, -0.25) is 14.3 Å². The van der Waals surface area contributed by atoms with Crippen LogP contribution in [0.15, 0.2) is 66.6 Å². The Kier molecular flexibility index (Phi) is 6.05. The number of aromatic nitrogens is 4. The van der Waals surface area contributed by atoms with Gasteiger partial charge in [0.15, 0.2) is 11.0 Å². The van der Waals surface area contributed by atoms with Crippen LogP contribution in [0.1, 0.15) is 30.0 Å². The van der Waals surface area contributed by atoms with Gasteiger partial charge in [0, 0.05) is 24.5 Å². The molecule has 6 nitrogen and oxygen atoms in total. The first-order chi connectivity index (χ1) is 14.3. The molecule has 1 amide bonds. The van der Waals surface area contributed by atoms with E-state index in [9.17, 15) is 4.79 Å². The minimum Gasteiger partial charge on any atom is -0.349 e. The molecule has 1 aromatic carbocycles. The van der Waals surface area contributed by atoms with E-state index >= 15 is 0 Å². The van der Waals surface area contributed by atoms with E-state index in [2.05, 4.69) is 45.3 Å². The highest BCUT2D eigenvalue weighted by Gasteiger charge is 2.22. The number of rotatable bonds is 7. The largest absolute Gasteiger partial charge is 0.349 e. The third-order valence-corrected chi connectivity index (χ3v) is 5.97. The second-order valence-corrected chi connectivity index (χ2v) is 7.88. The molecule has 1 atom stereocenters. The summed E-state index contributed by atoms with van der Waals surface area (Å²) in [6.07, 6.45) is 8.41. The second-order valence-electron chi connectivity index (χ2n) is 6.94. The van der Waals surface area contributed by atoms with E-state index in [4.69, 9.17) is 0 Å². The number of thioether (sulfide) groups is 1. The molecule has 4 rings (SSSR count). The van der Waals surface area contributed by atoms with E-state index < -0.39 is 0 Å². The number of pyridine rings is 1. The van der Waals surface area contributed by atoms with Crippen LogP contribution in [0.5, 0.6) is 0 Å². The lowest BCUT2D eigenvalue weighted by molar-refractivity contribution is -0.119. The lowest BCUT2D eigenvalue weighted by Gasteiger charge is -2.26. The van der Waals surface area contributed by atoms with Crippen molar-refractivity contribution in [3.8, 4) is 11.4 Å². The molecule has 1 aliphatic rings. The van der Waals surface area contributed by atoms with Crippen LogP contribution in [0.3, 0.4) is 0 Å². The molecule has 0 saturated carbocycles. The van der Waals surface area contributed by atoms with Crippen LogP contribution in [-0.2, 0) is 17.8 Å². The van der Waals surface area contributed by atoms with Crippen molar-refractivity contribution >= 4 is 17.7 Å². The van der Waals surface area contributed by atoms with Gasteiger partial charge in [0.2, 0.25) is 5.91 Å². The Morgan fingerprint density at radius 3 is 2.90 bits per heavy atom. The average Bonchev–Trinajstić information content (AvgIpc) is 3.16. The van der Waals surface area contributed by atoms with Crippen molar-refractivity contribution in [3.63, 3.8) is 0 Å². The summed E-state index contributed by atoms with van der Waals surface area (Å²) in [6, 6.07) is 12.2. The quantitative estimate of drug-likeness (QED) is 0.478. The molecule has 2 aromatic heterocycles. The van der Waals surface area contributed by atoms with E-state index in [1.807, 2.05) is 22.8 Å². The van der Waals surface area contributed by atoms with Gasteiger partial charge in [-0.25, -0.2) is 0 Å². The maximum atomic E-state index is 12.6. The van der Waals surface area contributed by atoms with Crippen molar-refractivity contribution in [1.82, 2.24) is 25.1 Å². The van der Waals surface area contributed by atoms with E-state index in [0.717, 1.165) is 30.7 Å². The van der Waals surface area contributed by atoms with Crippen LogP contribution in [0.25, 0.3) is 11.4 Å². The van der Waals surface area contributed by atoms with E-state index in [0.29, 0.717) is 17.5 Å². The molecule has 0 unspecified atom stereocenters. The Morgan fingerprint density at radius 1 is 1.24 bits per heavy atom. The zero-order valence-electron chi connectivity index (χ0n) is 16.1. The van der Waals surface area contributed by atoms with Crippen LogP contribution in [0, 0.1) is 0 Å². The summed E-state index contributed by atoms with van der Waals surface area (Å²) in [5, 5.41) is 12.5. The normalized spacial score (nSPS) is 15.5. The highest BCUT2D eigenvalue weighted by Crippen LogP contribution is 2.30. The summed E-state index contributed by atoms with van der Waals surface area (Å²) >= 11 is 1.39. The number of carbonyl (C=O) groups excluding carboxylic acids is 1. The van der Waals surface area contributed by atoms with Crippen LogP contribution < -0.4 is 5.32 Å². The number of fused-ring (bicyclic) bond motifs is 1. The summed E-state index contributed by atoms with van der Waals surface area (Å²) in [7, 11) is 0. The minimum atomic E-state index is 0.00955. The lowest BCUT2D eigenvalue weighted by atomic mass is 9.88. The third kappa shape index (κ3) is 4.40. The Balaban J connectivity index is 1.44. The highest BCUT2D eigenvalue weighted by molar-refractivity contribution is 7.99. The van der Waals surface area contributed by atoms with Gasteiger partial charge in [0.25, 0.3) is 0 Å². The first-order valence-corrected chi connectivity index (χ1v) is 10.7. The number of allylic oxidation sites excluding steroid dienone is 1. The lowest BCUT2D eigenvalue weighted by Crippen LogP contribution is -2.32. The van der Waals surface area contributed by atoms with E-state index in [1.165, 1.54) is 22.9 Å². The predicted octanol–water partition coefficient (Wildman–Crippen LogP) is 3.81. The molecular weight excluding hydrogens is 382 g/mol. The summed E-state index contributed by atoms with van der Waals surface area (Å²) in [4.78, 5) is 16.7. The molecule has 1 N–H and O–H groups in total. The van der Waals surface area contributed by atoms with E-state index in [1.54, 1.807) is 18.5 Å². The molecule has 0 saturated heterocycles. The topological polar surface area (TPSA) is 72.7 Å². The number of carbonyl (C=O) groups is 1. The Labute approximate surface area is 174 Å². The highest BCUT2D eigenvalue weighted by atomic mass is 32.2. The summed E-state index contributed by atoms with van der Waals surface area (Å²) in [5.41, 5.74) is 3.51. The fourth-order valence-corrected chi connectivity index (χ4v) is 4.43. The van der Waals surface area contributed by atoms with Gasteiger partial charge in [-0.05, 0) is 42.5 Å². The number of benzene rings is 1. The number of hydrogen-bond acceptors (Lipinski definition) is 5. The molecule has 2 heterocycles. The van der Waals surface area contributed by atoms with E-state index in [-0.39, 0.29) is 11.9 Å². The fraction of sp³-hybridized carbons (Fsp3) is 0.273. The molecule has 0 fully saturated rings. The number of nitrogens with one attached hydrogen (secondary N) is 1. The van der Waals surface area contributed by atoms with Crippen molar-refractivity contribution in [3.05, 3.63) is 72.6 Å². The minimum absolute atomic E-state index is 0.00955. The van der Waals surface area contributed by atoms with Gasteiger partial charge in [-0.1, -0.05) is 42.1 Å². The molecule has 3 aromatic rings. The molecule has 7 heteroatoms. The van der Waals surface area contributed by atoms with Crippen LogP contribution >= 0.6 is 11.8 Å². The molecule has 0 spiro atoms. The maximum Gasteiger partial charge on any atom is 0.230 e. The van der Waals surface area contributed by atoms with Gasteiger partial charge in [0.05, 0.1) is 11.8 Å². The van der Waals surface area contributed by atoms with Gasteiger partial charge in [-0.15, -0.1) is 16.8 Å². The molecule has 1 aliphatic carbocycles. The van der Waals surface area contributed by atoms with Crippen LogP contribution in [0.2, 0.25) is 0 Å². The first-order valence-electron chi connectivity index (χ1n) is 9.70. The van der Waals surface area contributed by atoms with Gasteiger partial charge in [-0.2, -0.15) is 0 Å². The zero-order chi connectivity index (χ0) is 20.1. The third-order valence-electron chi connectivity index (χ3n) is 5.00. The molecular formula is C22H23N5OS. The Bertz CT molecular complexity index is 1000. The number of aryl methyl sites for hydroxylation is 1. The molecule has 29 heavy (non-hydrogen) atoms. The van der Waals surface area contributed by atoms with Crippen LogP contribution in [0.4, 0.5) is 0 Å². The molecule has 148 valence electrons. The second kappa shape index (κ2) is 9.05. The van der Waals surface area contributed by atoms with Gasteiger partial charge >= 0.3 is 0 Å². The van der Waals surface area contributed by atoms with Crippen molar-refractivity contribution in [2.45, 2.75) is 37.0 Å². The van der Waals surface area contributed by atoms with Crippen molar-refractivity contribution in [1.29, 1.82) is 0 Å². The Hall–Kier alpha value is -2.93. The number of nitrogens with zero attached hydrogens (tertiary/aromatic N) is 4. The molecule has 0 radical (unpaired) electrons. The SMILES string of the molecule is C=CCn1c(SCC(=O)N[C@H]2CCCc3ccccc32)nnc1-c1ccncc1. The first kappa shape index (κ1) is 19.4.